The largest absolute Gasteiger partial charge is 0.370 e. The van der Waals surface area contributed by atoms with Crippen molar-refractivity contribution in [3.8, 4) is 22.4 Å². The third-order valence-corrected chi connectivity index (χ3v) is 5.77. The van der Waals surface area contributed by atoms with E-state index in [0.29, 0.717) is 6.04 Å². The van der Waals surface area contributed by atoms with Crippen LogP contribution in [0.3, 0.4) is 0 Å². The van der Waals surface area contributed by atoms with Crippen molar-refractivity contribution < 1.29 is 4.39 Å². The van der Waals surface area contributed by atoms with Gasteiger partial charge in [0, 0.05) is 36.1 Å². The summed E-state index contributed by atoms with van der Waals surface area (Å²) in [4.78, 5) is 7.07. The molecule has 3 heterocycles. The van der Waals surface area contributed by atoms with E-state index in [-0.39, 0.29) is 5.82 Å². The Bertz CT molecular complexity index is 921. The smallest absolute Gasteiger partial charge is 0.126 e. The van der Waals surface area contributed by atoms with Crippen LogP contribution in [0.15, 0.2) is 48.8 Å². The summed E-state index contributed by atoms with van der Waals surface area (Å²) in [5, 5.41) is 10.8. The zero-order chi connectivity index (χ0) is 20.1. The van der Waals surface area contributed by atoms with Crippen LogP contribution in [0, 0.1) is 5.82 Å². The van der Waals surface area contributed by atoms with Crippen molar-refractivity contribution in [2.24, 2.45) is 0 Å². The van der Waals surface area contributed by atoms with E-state index in [9.17, 15) is 4.39 Å². The summed E-state index contributed by atoms with van der Waals surface area (Å²) in [5.41, 5.74) is 3.70. The molecule has 1 fully saturated rings. The normalized spacial score (nSPS) is 17.4. The molecule has 0 radical (unpaired) electrons. The molecule has 3 aromatic rings. The molecule has 2 aromatic heterocycles. The van der Waals surface area contributed by atoms with Crippen LogP contribution in [0.4, 0.5) is 10.2 Å². The van der Waals surface area contributed by atoms with E-state index in [1.807, 2.05) is 18.5 Å². The maximum absolute atomic E-state index is 13.3. The standard InChI is InChI=1S/C23H28FN5/c1-2-29-14-4-3-5-20(29)11-13-26-22-15-18(10-12-25-22)21-16-27-28-23(21)17-6-8-19(24)9-7-17/h6-10,12,15-16,20H,2-5,11,13-14H2,1H3,(H,25,26)(H,27,28). The van der Waals surface area contributed by atoms with Crippen molar-refractivity contribution in [2.45, 2.75) is 38.6 Å². The van der Waals surface area contributed by atoms with E-state index in [2.05, 4.69) is 38.4 Å². The highest BCUT2D eigenvalue weighted by atomic mass is 19.1. The minimum atomic E-state index is -0.249. The van der Waals surface area contributed by atoms with Crippen LogP contribution < -0.4 is 5.32 Å². The van der Waals surface area contributed by atoms with Gasteiger partial charge in [-0.05, 0) is 74.3 Å². The fourth-order valence-electron chi connectivity index (χ4n) is 4.20. The molecule has 0 amide bonds. The van der Waals surface area contributed by atoms with Crippen LogP contribution in [-0.2, 0) is 0 Å². The fourth-order valence-corrected chi connectivity index (χ4v) is 4.20. The number of piperidine rings is 1. The predicted molar refractivity (Wildman–Crippen MR) is 115 cm³/mol. The van der Waals surface area contributed by atoms with Gasteiger partial charge in [-0.15, -0.1) is 0 Å². The van der Waals surface area contributed by atoms with Crippen molar-refractivity contribution >= 4 is 5.82 Å². The molecule has 2 N–H and O–H groups in total. The molecule has 0 aliphatic carbocycles. The van der Waals surface area contributed by atoms with Crippen LogP contribution >= 0.6 is 0 Å². The maximum Gasteiger partial charge on any atom is 0.126 e. The molecule has 4 rings (SSSR count). The number of anilines is 1. The van der Waals surface area contributed by atoms with Gasteiger partial charge >= 0.3 is 0 Å². The number of nitrogens with one attached hydrogen (secondary N) is 2. The van der Waals surface area contributed by atoms with Crippen molar-refractivity contribution in [1.82, 2.24) is 20.1 Å². The zero-order valence-corrected chi connectivity index (χ0v) is 16.9. The first kappa shape index (κ1) is 19.6. The Morgan fingerprint density at radius 2 is 2.03 bits per heavy atom. The molecule has 0 spiro atoms. The zero-order valence-electron chi connectivity index (χ0n) is 16.9. The van der Waals surface area contributed by atoms with Gasteiger partial charge in [0.2, 0.25) is 0 Å². The Kier molecular flexibility index (Phi) is 6.20. The lowest BCUT2D eigenvalue weighted by Crippen LogP contribution is -2.40. The molecule has 29 heavy (non-hydrogen) atoms. The first-order valence-electron chi connectivity index (χ1n) is 10.5. The van der Waals surface area contributed by atoms with E-state index in [1.54, 1.807) is 12.1 Å². The van der Waals surface area contributed by atoms with Gasteiger partial charge in [0.25, 0.3) is 0 Å². The van der Waals surface area contributed by atoms with Crippen LogP contribution in [0.5, 0.6) is 0 Å². The lowest BCUT2D eigenvalue weighted by atomic mass is 9.99. The third-order valence-electron chi connectivity index (χ3n) is 5.77. The highest BCUT2D eigenvalue weighted by Crippen LogP contribution is 2.31. The molecule has 6 heteroatoms. The second kappa shape index (κ2) is 9.18. The number of nitrogens with zero attached hydrogens (tertiary/aromatic N) is 3. The molecule has 0 bridgehead atoms. The van der Waals surface area contributed by atoms with Crippen LogP contribution in [0.1, 0.15) is 32.6 Å². The Morgan fingerprint density at radius 1 is 1.17 bits per heavy atom. The Morgan fingerprint density at radius 3 is 2.86 bits per heavy atom. The maximum atomic E-state index is 13.3. The summed E-state index contributed by atoms with van der Waals surface area (Å²) in [7, 11) is 0. The molecule has 152 valence electrons. The topological polar surface area (TPSA) is 56.8 Å². The summed E-state index contributed by atoms with van der Waals surface area (Å²) in [5.74, 6) is 0.619. The highest BCUT2D eigenvalue weighted by Gasteiger charge is 2.20. The molecule has 1 aliphatic rings. The first-order valence-corrected chi connectivity index (χ1v) is 10.5. The molecule has 0 saturated carbocycles. The number of hydrogen-bond donors (Lipinski definition) is 2. The molecule has 5 nitrogen and oxygen atoms in total. The first-order chi connectivity index (χ1) is 14.2. The van der Waals surface area contributed by atoms with Crippen molar-refractivity contribution in [1.29, 1.82) is 0 Å². The Hall–Kier alpha value is -2.73. The van der Waals surface area contributed by atoms with Gasteiger partial charge in [-0.2, -0.15) is 5.10 Å². The Labute approximate surface area is 171 Å². The number of halogens is 1. The highest BCUT2D eigenvalue weighted by molar-refractivity contribution is 5.81. The minimum absolute atomic E-state index is 0.249. The van der Waals surface area contributed by atoms with Crippen LogP contribution in [0.2, 0.25) is 0 Å². The van der Waals surface area contributed by atoms with E-state index in [0.717, 1.165) is 47.7 Å². The summed E-state index contributed by atoms with van der Waals surface area (Å²) in [6.07, 6.45) is 8.77. The summed E-state index contributed by atoms with van der Waals surface area (Å²) >= 11 is 0. The van der Waals surface area contributed by atoms with Crippen molar-refractivity contribution in [3.05, 3.63) is 54.6 Å². The number of rotatable bonds is 7. The average molecular weight is 394 g/mol. The molecular formula is C23H28FN5. The summed E-state index contributed by atoms with van der Waals surface area (Å²) in [6, 6.07) is 11.1. The number of hydrogen-bond acceptors (Lipinski definition) is 4. The summed E-state index contributed by atoms with van der Waals surface area (Å²) in [6.45, 7) is 5.51. The van der Waals surface area contributed by atoms with Gasteiger partial charge in [0.1, 0.15) is 11.6 Å². The van der Waals surface area contributed by atoms with Crippen LogP contribution in [-0.4, -0.2) is 45.8 Å². The molecule has 1 unspecified atom stereocenters. The lowest BCUT2D eigenvalue weighted by Gasteiger charge is -2.35. The summed E-state index contributed by atoms with van der Waals surface area (Å²) < 4.78 is 13.3. The molecule has 1 aliphatic heterocycles. The van der Waals surface area contributed by atoms with Gasteiger partial charge in [0.15, 0.2) is 0 Å². The van der Waals surface area contributed by atoms with E-state index >= 15 is 0 Å². The van der Waals surface area contributed by atoms with Crippen molar-refractivity contribution in [3.63, 3.8) is 0 Å². The quantitative estimate of drug-likeness (QED) is 0.596. The second-order valence-corrected chi connectivity index (χ2v) is 7.58. The van der Waals surface area contributed by atoms with Gasteiger partial charge < -0.3 is 10.2 Å². The molecular weight excluding hydrogens is 365 g/mol. The van der Waals surface area contributed by atoms with Crippen LogP contribution in [0.25, 0.3) is 22.4 Å². The lowest BCUT2D eigenvalue weighted by molar-refractivity contribution is 0.151. The number of H-pyrrole nitrogens is 1. The van der Waals surface area contributed by atoms with Crippen molar-refractivity contribution in [2.75, 3.05) is 25.0 Å². The number of benzene rings is 1. The van der Waals surface area contributed by atoms with E-state index < -0.39 is 0 Å². The van der Waals surface area contributed by atoms with Gasteiger partial charge in [0.05, 0.1) is 5.69 Å². The molecule has 1 saturated heterocycles. The third kappa shape index (κ3) is 4.65. The number of likely N-dealkylation sites (tertiary alicyclic amines) is 1. The number of aromatic amines is 1. The van der Waals surface area contributed by atoms with Gasteiger partial charge in [-0.1, -0.05) is 13.3 Å². The van der Waals surface area contributed by atoms with E-state index in [1.165, 1.54) is 37.9 Å². The minimum Gasteiger partial charge on any atom is -0.370 e. The fraction of sp³-hybridized carbons (Fsp3) is 0.391. The Balaban J connectivity index is 1.44. The molecule has 1 aromatic carbocycles. The molecule has 1 atom stereocenters. The number of aromatic nitrogens is 3. The predicted octanol–water partition coefficient (Wildman–Crippen LogP) is 4.95. The van der Waals surface area contributed by atoms with E-state index in [4.69, 9.17) is 0 Å². The SMILES string of the molecule is CCN1CCCCC1CCNc1cc(-c2c[nH]nc2-c2ccc(F)cc2)ccn1. The monoisotopic (exact) mass is 393 g/mol. The van der Waals surface area contributed by atoms with Gasteiger partial charge in [-0.3, -0.25) is 5.10 Å². The number of pyridine rings is 1. The average Bonchev–Trinajstić information content (AvgIpc) is 3.25. The van der Waals surface area contributed by atoms with Gasteiger partial charge in [-0.25, -0.2) is 9.37 Å². The second-order valence-electron chi connectivity index (χ2n) is 7.58.